The number of hydrogen-bond donors (Lipinski definition) is 1. The van der Waals surface area contributed by atoms with E-state index in [1.54, 1.807) is 16.7 Å². The van der Waals surface area contributed by atoms with Gasteiger partial charge in [0.1, 0.15) is 5.37 Å². The molecule has 1 amide bonds. The van der Waals surface area contributed by atoms with Crippen molar-refractivity contribution >= 4 is 17.7 Å². The van der Waals surface area contributed by atoms with Gasteiger partial charge in [0.2, 0.25) is 5.91 Å². The summed E-state index contributed by atoms with van der Waals surface area (Å²) in [6.45, 7) is 2.50. The smallest absolute Gasteiger partial charge is 0.233 e. The minimum Gasteiger partial charge on any atom is -0.395 e. The largest absolute Gasteiger partial charge is 0.395 e. The quantitative estimate of drug-likeness (QED) is 0.867. The van der Waals surface area contributed by atoms with E-state index in [0.717, 1.165) is 0 Å². The monoisotopic (exact) mass is 237 g/mol. The van der Waals surface area contributed by atoms with Gasteiger partial charge in [0.05, 0.1) is 12.4 Å². The zero-order valence-corrected chi connectivity index (χ0v) is 10.0. The molecule has 0 radical (unpaired) electrons. The van der Waals surface area contributed by atoms with Crippen molar-refractivity contribution in [3.8, 4) is 0 Å². The van der Waals surface area contributed by atoms with Crippen LogP contribution in [0.25, 0.3) is 0 Å². The summed E-state index contributed by atoms with van der Waals surface area (Å²) in [5, 5.41) is 9.05. The van der Waals surface area contributed by atoms with Crippen molar-refractivity contribution in [2.24, 2.45) is 0 Å². The molecule has 0 aliphatic carbocycles. The third-order valence-electron chi connectivity index (χ3n) is 2.76. The highest BCUT2D eigenvalue weighted by atomic mass is 32.2. The second kappa shape index (κ2) is 4.89. The van der Waals surface area contributed by atoms with E-state index < -0.39 is 0 Å². The van der Waals surface area contributed by atoms with Crippen molar-refractivity contribution in [2.45, 2.75) is 12.3 Å². The first kappa shape index (κ1) is 11.5. The molecule has 16 heavy (non-hydrogen) atoms. The van der Waals surface area contributed by atoms with Crippen molar-refractivity contribution in [3.63, 3.8) is 0 Å². The summed E-state index contributed by atoms with van der Waals surface area (Å²) in [5.41, 5.74) is 2.37. The lowest BCUT2D eigenvalue weighted by atomic mass is 10.1. The minimum atomic E-state index is 0.0225. The fraction of sp³-hybridized carbons (Fsp3) is 0.417. The van der Waals surface area contributed by atoms with Crippen LogP contribution in [0.5, 0.6) is 0 Å². The molecule has 1 aromatic rings. The fourth-order valence-electron chi connectivity index (χ4n) is 1.93. The fourth-order valence-corrected chi connectivity index (χ4v) is 3.24. The maximum atomic E-state index is 11.7. The first-order valence-corrected chi connectivity index (χ1v) is 6.36. The van der Waals surface area contributed by atoms with E-state index in [4.69, 9.17) is 5.11 Å². The molecule has 0 bridgehead atoms. The van der Waals surface area contributed by atoms with Crippen molar-refractivity contribution in [1.29, 1.82) is 0 Å². The van der Waals surface area contributed by atoms with Gasteiger partial charge in [0.25, 0.3) is 0 Å². The Hall–Kier alpha value is -1.00. The lowest BCUT2D eigenvalue weighted by Gasteiger charge is -2.24. The molecule has 1 heterocycles. The van der Waals surface area contributed by atoms with Crippen LogP contribution in [0.2, 0.25) is 0 Å². The molecule has 0 saturated carbocycles. The van der Waals surface area contributed by atoms with Crippen molar-refractivity contribution < 1.29 is 9.90 Å². The van der Waals surface area contributed by atoms with Crippen LogP contribution in [0.1, 0.15) is 16.5 Å². The number of benzene rings is 1. The molecule has 2 rings (SSSR count). The average Bonchev–Trinajstić information content (AvgIpc) is 2.62. The molecule has 4 heteroatoms. The highest BCUT2D eigenvalue weighted by Crippen LogP contribution is 2.39. The lowest BCUT2D eigenvalue weighted by Crippen LogP contribution is -2.31. The number of aliphatic hydroxyl groups is 1. The van der Waals surface area contributed by atoms with Gasteiger partial charge < -0.3 is 10.0 Å². The van der Waals surface area contributed by atoms with E-state index in [1.807, 2.05) is 12.1 Å². The number of aliphatic hydroxyl groups excluding tert-OH is 1. The van der Waals surface area contributed by atoms with Crippen LogP contribution >= 0.6 is 11.8 Å². The molecule has 1 N–H and O–H groups in total. The molecule has 1 fully saturated rings. The van der Waals surface area contributed by atoms with Crippen LogP contribution in [0.3, 0.4) is 0 Å². The summed E-state index contributed by atoms with van der Waals surface area (Å²) in [5.74, 6) is 0.631. The van der Waals surface area contributed by atoms with Gasteiger partial charge >= 0.3 is 0 Å². The molecule has 1 saturated heterocycles. The molecule has 1 aliphatic heterocycles. The zero-order valence-electron chi connectivity index (χ0n) is 9.22. The summed E-state index contributed by atoms with van der Waals surface area (Å²) in [4.78, 5) is 13.4. The van der Waals surface area contributed by atoms with E-state index in [9.17, 15) is 4.79 Å². The van der Waals surface area contributed by atoms with Gasteiger partial charge in [-0.3, -0.25) is 4.79 Å². The first-order valence-electron chi connectivity index (χ1n) is 5.31. The van der Waals surface area contributed by atoms with Gasteiger partial charge in [0.15, 0.2) is 0 Å². The first-order chi connectivity index (χ1) is 7.74. The average molecular weight is 237 g/mol. The summed E-state index contributed by atoms with van der Waals surface area (Å²) in [7, 11) is 0. The Kier molecular flexibility index (Phi) is 3.51. The Balaban J connectivity index is 2.27. The SMILES string of the molecule is Cc1ccccc1[C@H]1SCC(=O)N1CCO. The molecule has 1 atom stereocenters. The third-order valence-corrected chi connectivity index (χ3v) is 4.00. The maximum Gasteiger partial charge on any atom is 0.233 e. The second-order valence-electron chi connectivity index (χ2n) is 3.83. The number of hydrogen-bond acceptors (Lipinski definition) is 3. The van der Waals surface area contributed by atoms with Crippen LogP contribution in [-0.4, -0.2) is 34.8 Å². The van der Waals surface area contributed by atoms with Gasteiger partial charge in [-0.25, -0.2) is 0 Å². The maximum absolute atomic E-state index is 11.7. The number of aryl methyl sites for hydroxylation is 1. The predicted octanol–water partition coefficient (Wildman–Crippen LogP) is 1.56. The predicted molar refractivity (Wildman–Crippen MR) is 65.2 cm³/mol. The Morgan fingerprint density at radius 2 is 2.25 bits per heavy atom. The molecular formula is C12H15NO2S. The highest BCUT2D eigenvalue weighted by Gasteiger charge is 2.32. The van der Waals surface area contributed by atoms with E-state index in [-0.39, 0.29) is 17.9 Å². The Morgan fingerprint density at radius 3 is 2.94 bits per heavy atom. The van der Waals surface area contributed by atoms with Crippen LogP contribution in [0.15, 0.2) is 24.3 Å². The Morgan fingerprint density at radius 1 is 1.50 bits per heavy atom. The molecule has 1 aromatic carbocycles. The van der Waals surface area contributed by atoms with Gasteiger partial charge in [-0.15, -0.1) is 11.8 Å². The van der Waals surface area contributed by atoms with E-state index in [0.29, 0.717) is 12.3 Å². The van der Waals surface area contributed by atoms with Crippen molar-refractivity contribution in [3.05, 3.63) is 35.4 Å². The summed E-state index contributed by atoms with van der Waals surface area (Å²) in [6, 6.07) is 8.09. The summed E-state index contributed by atoms with van der Waals surface area (Å²) >= 11 is 1.63. The number of carbonyl (C=O) groups excluding carboxylic acids is 1. The third kappa shape index (κ3) is 2.08. The number of β-amino-alcohol motifs (C(OH)–C–C–N with tert-alkyl or cyclic N) is 1. The zero-order chi connectivity index (χ0) is 11.5. The van der Waals surface area contributed by atoms with Gasteiger partial charge in [-0.2, -0.15) is 0 Å². The lowest BCUT2D eigenvalue weighted by molar-refractivity contribution is -0.128. The van der Waals surface area contributed by atoms with Crippen LogP contribution in [0, 0.1) is 6.92 Å². The number of amides is 1. The van der Waals surface area contributed by atoms with E-state index in [2.05, 4.69) is 19.1 Å². The van der Waals surface area contributed by atoms with Crippen LogP contribution < -0.4 is 0 Å². The molecule has 3 nitrogen and oxygen atoms in total. The van der Waals surface area contributed by atoms with E-state index in [1.165, 1.54) is 11.1 Å². The number of carbonyl (C=O) groups is 1. The van der Waals surface area contributed by atoms with E-state index >= 15 is 0 Å². The highest BCUT2D eigenvalue weighted by molar-refractivity contribution is 8.00. The molecule has 0 aromatic heterocycles. The van der Waals surface area contributed by atoms with Gasteiger partial charge in [0, 0.05) is 6.54 Å². The number of thioether (sulfide) groups is 1. The Bertz CT molecular complexity index is 394. The molecule has 0 unspecified atom stereocenters. The van der Waals surface area contributed by atoms with Crippen LogP contribution in [-0.2, 0) is 4.79 Å². The normalized spacial score (nSPS) is 20.5. The summed E-state index contributed by atoms with van der Waals surface area (Å²) < 4.78 is 0. The topological polar surface area (TPSA) is 40.5 Å². The standard InChI is InChI=1S/C12H15NO2S/c1-9-4-2-3-5-10(9)12-13(6-7-14)11(15)8-16-12/h2-5,12,14H,6-8H2,1H3/t12-/m1/s1. The second-order valence-corrected chi connectivity index (χ2v) is 4.90. The van der Waals surface area contributed by atoms with Gasteiger partial charge in [-0.1, -0.05) is 24.3 Å². The van der Waals surface area contributed by atoms with Crippen molar-refractivity contribution in [1.82, 2.24) is 4.90 Å². The number of nitrogens with zero attached hydrogens (tertiary/aromatic N) is 1. The van der Waals surface area contributed by atoms with Crippen molar-refractivity contribution in [2.75, 3.05) is 18.9 Å². The molecular weight excluding hydrogens is 222 g/mol. The molecule has 1 aliphatic rings. The number of rotatable bonds is 3. The molecule has 0 spiro atoms. The van der Waals surface area contributed by atoms with Crippen LogP contribution in [0.4, 0.5) is 0 Å². The summed E-state index contributed by atoms with van der Waals surface area (Å²) in [6.07, 6.45) is 0. The minimum absolute atomic E-state index is 0.0225. The Labute approximate surface area is 99.5 Å². The van der Waals surface area contributed by atoms with Gasteiger partial charge in [-0.05, 0) is 18.1 Å². The molecule has 86 valence electrons.